The summed E-state index contributed by atoms with van der Waals surface area (Å²) in [5.41, 5.74) is 0.677. The highest BCUT2D eigenvalue weighted by atomic mass is 35.5. The van der Waals surface area contributed by atoms with Crippen molar-refractivity contribution in [2.75, 3.05) is 18.4 Å². The van der Waals surface area contributed by atoms with Gasteiger partial charge in [-0.1, -0.05) is 41.4 Å². The fraction of sp³-hybridized carbons (Fsp3) is 0.316. The zero-order valence-electron chi connectivity index (χ0n) is 14.9. The molecule has 0 spiro atoms. The largest absolute Gasteiger partial charge is 0.326 e. The summed E-state index contributed by atoms with van der Waals surface area (Å²) >= 11 is 11.8. The number of amides is 1. The van der Waals surface area contributed by atoms with Gasteiger partial charge in [0, 0.05) is 30.3 Å². The molecule has 0 atom stereocenters. The van der Waals surface area contributed by atoms with Crippen LogP contribution in [-0.4, -0.2) is 31.7 Å². The molecule has 1 aliphatic rings. The highest BCUT2D eigenvalue weighted by Crippen LogP contribution is 2.27. The third-order valence-electron chi connectivity index (χ3n) is 4.70. The van der Waals surface area contributed by atoms with Gasteiger partial charge in [-0.05, 0) is 37.1 Å². The number of carbonyl (C=O) groups is 1. The van der Waals surface area contributed by atoms with Crippen LogP contribution in [0.15, 0.2) is 42.5 Å². The highest BCUT2D eigenvalue weighted by Gasteiger charge is 2.31. The highest BCUT2D eigenvalue weighted by molar-refractivity contribution is 7.88. The van der Waals surface area contributed by atoms with Crippen molar-refractivity contribution in [3.8, 4) is 0 Å². The smallest absolute Gasteiger partial charge is 0.227 e. The zero-order valence-corrected chi connectivity index (χ0v) is 17.2. The van der Waals surface area contributed by atoms with Crippen LogP contribution in [-0.2, 0) is 20.6 Å². The Bertz CT molecular complexity index is 977. The molecule has 1 amide bonds. The number of carbonyl (C=O) groups excluding carboxylic acids is 1. The van der Waals surface area contributed by atoms with Gasteiger partial charge in [0.1, 0.15) is 5.82 Å². The molecule has 1 N–H and O–H groups in total. The van der Waals surface area contributed by atoms with Gasteiger partial charge in [-0.3, -0.25) is 4.79 Å². The molecule has 28 heavy (non-hydrogen) atoms. The van der Waals surface area contributed by atoms with Crippen molar-refractivity contribution >= 4 is 44.8 Å². The first-order chi connectivity index (χ1) is 13.3. The molecule has 0 aliphatic carbocycles. The Morgan fingerprint density at radius 3 is 2.43 bits per heavy atom. The molecule has 150 valence electrons. The Balaban J connectivity index is 1.58. The number of rotatable bonds is 5. The number of hydrogen-bond donors (Lipinski definition) is 1. The van der Waals surface area contributed by atoms with E-state index in [1.807, 2.05) is 0 Å². The number of piperidine rings is 1. The van der Waals surface area contributed by atoms with Crippen LogP contribution < -0.4 is 5.32 Å². The van der Waals surface area contributed by atoms with E-state index in [9.17, 15) is 17.6 Å². The third kappa shape index (κ3) is 5.03. The van der Waals surface area contributed by atoms with Crippen molar-refractivity contribution in [2.45, 2.75) is 18.6 Å². The van der Waals surface area contributed by atoms with E-state index in [-0.39, 0.29) is 36.2 Å². The van der Waals surface area contributed by atoms with Crippen LogP contribution in [0.2, 0.25) is 10.0 Å². The average Bonchev–Trinajstić information content (AvgIpc) is 2.66. The molecule has 5 nitrogen and oxygen atoms in total. The topological polar surface area (TPSA) is 66.5 Å². The summed E-state index contributed by atoms with van der Waals surface area (Å²) in [5.74, 6) is -1.43. The summed E-state index contributed by atoms with van der Waals surface area (Å²) < 4.78 is 40.2. The average molecular weight is 445 g/mol. The van der Waals surface area contributed by atoms with Crippen LogP contribution in [0.4, 0.5) is 10.1 Å². The number of sulfonamides is 1. The molecule has 1 aliphatic heterocycles. The zero-order chi connectivity index (χ0) is 20.3. The number of anilines is 1. The van der Waals surface area contributed by atoms with Crippen LogP contribution >= 0.6 is 23.2 Å². The van der Waals surface area contributed by atoms with Gasteiger partial charge in [0.25, 0.3) is 0 Å². The van der Waals surface area contributed by atoms with E-state index in [1.165, 1.54) is 22.5 Å². The van der Waals surface area contributed by atoms with Gasteiger partial charge in [0.15, 0.2) is 0 Å². The second-order valence-electron chi connectivity index (χ2n) is 6.64. The maximum Gasteiger partial charge on any atom is 0.227 e. The van der Waals surface area contributed by atoms with Gasteiger partial charge in [-0.25, -0.2) is 17.1 Å². The van der Waals surface area contributed by atoms with Crippen LogP contribution in [0.25, 0.3) is 0 Å². The van der Waals surface area contributed by atoms with Crippen LogP contribution in [0.3, 0.4) is 0 Å². The number of nitrogens with one attached hydrogen (secondary N) is 1. The van der Waals surface area contributed by atoms with Gasteiger partial charge < -0.3 is 5.32 Å². The van der Waals surface area contributed by atoms with Gasteiger partial charge >= 0.3 is 0 Å². The van der Waals surface area contributed by atoms with Crippen molar-refractivity contribution in [3.05, 3.63) is 63.9 Å². The monoisotopic (exact) mass is 444 g/mol. The normalized spacial score (nSPS) is 16.1. The first-order valence-electron chi connectivity index (χ1n) is 8.73. The molecule has 0 unspecified atom stereocenters. The fourth-order valence-electron chi connectivity index (χ4n) is 3.12. The van der Waals surface area contributed by atoms with E-state index in [2.05, 4.69) is 5.32 Å². The molecule has 1 heterocycles. The first-order valence-corrected chi connectivity index (χ1v) is 11.1. The minimum Gasteiger partial charge on any atom is -0.326 e. The van der Waals surface area contributed by atoms with Crippen LogP contribution in [0.1, 0.15) is 18.4 Å². The molecule has 0 aromatic heterocycles. The first kappa shape index (κ1) is 21.0. The molecular formula is C19H19Cl2FN2O3S. The summed E-state index contributed by atoms with van der Waals surface area (Å²) in [6.45, 7) is 0.437. The van der Waals surface area contributed by atoms with E-state index < -0.39 is 15.8 Å². The summed E-state index contributed by atoms with van der Waals surface area (Å²) in [5, 5.41) is 3.52. The van der Waals surface area contributed by atoms with E-state index in [0.717, 1.165) is 0 Å². The lowest BCUT2D eigenvalue weighted by Gasteiger charge is -2.30. The number of hydrogen-bond acceptors (Lipinski definition) is 3. The quantitative estimate of drug-likeness (QED) is 0.746. The molecule has 2 aromatic rings. The van der Waals surface area contributed by atoms with Crippen molar-refractivity contribution in [1.29, 1.82) is 0 Å². The summed E-state index contributed by atoms with van der Waals surface area (Å²) in [4.78, 5) is 12.5. The summed E-state index contributed by atoms with van der Waals surface area (Å²) in [6.07, 6.45) is 0.785. The molecule has 1 fully saturated rings. The van der Waals surface area contributed by atoms with Crippen LogP contribution in [0.5, 0.6) is 0 Å². The summed E-state index contributed by atoms with van der Waals surface area (Å²) in [7, 11) is -3.65. The Kier molecular flexibility index (Phi) is 6.60. The molecule has 3 rings (SSSR count). The van der Waals surface area contributed by atoms with Crippen molar-refractivity contribution in [3.63, 3.8) is 0 Å². The molecule has 1 saturated heterocycles. The van der Waals surface area contributed by atoms with E-state index in [4.69, 9.17) is 23.2 Å². The lowest BCUT2D eigenvalue weighted by molar-refractivity contribution is -0.120. The van der Waals surface area contributed by atoms with Crippen molar-refractivity contribution < 1.29 is 17.6 Å². The predicted octanol–water partition coefficient (Wildman–Crippen LogP) is 4.31. The van der Waals surface area contributed by atoms with E-state index in [1.54, 1.807) is 24.3 Å². The number of nitrogens with zero attached hydrogens (tertiary/aromatic N) is 1. The van der Waals surface area contributed by atoms with Crippen LogP contribution in [0, 0.1) is 11.7 Å². The van der Waals surface area contributed by atoms with Gasteiger partial charge in [-0.2, -0.15) is 0 Å². The molecular weight excluding hydrogens is 426 g/mol. The van der Waals surface area contributed by atoms with E-state index >= 15 is 0 Å². The van der Waals surface area contributed by atoms with Gasteiger partial charge in [0.05, 0.1) is 15.8 Å². The molecule has 9 heteroatoms. The minimum absolute atomic E-state index is 0.141. The SMILES string of the molecule is O=C(Nc1ccc(Cl)c(Cl)c1)C1CCN(S(=O)(=O)Cc2ccccc2F)CC1. The Hall–Kier alpha value is -1.67. The minimum atomic E-state index is -3.65. The molecule has 2 aromatic carbocycles. The lowest BCUT2D eigenvalue weighted by Crippen LogP contribution is -2.42. The lowest BCUT2D eigenvalue weighted by atomic mass is 9.97. The maximum atomic E-state index is 13.8. The van der Waals surface area contributed by atoms with Crippen molar-refractivity contribution in [2.24, 2.45) is 5.92 Å². The number of halogens is 3. The Labute approximate surface area is 173 Å². The standard InChI is InChI=1S/C19H19Cl2FN2O3S/c20-16-6-5-15(11-17(16)21)23-19(25)13-7-9-24(10-8-13)28(26,27)12-14-3-1-2-4-18(14)22/h1-6,11,13H,7-10,12H2,(H,23,25). The fourth-order valence-corrected chi connectivity index (χ4v) is 4.99. The van der Waals surface area contributed by atoms with Crippen molar-refractivity contribution in [1.82, 2.24) is 4.31 Å². The Morgan fingerprint density at radius 1 is 1.11 bits per heavy atom. The second kappa shape index (κ2) is 8.78. The number of benzene rings is 2. The summed E-state index contributed by atoms with van der Waals surface area (Å²) in [6, 6.07) is 10.6. The molecule has 0 radical (unpaired) electrons. The third-order valence-corrected chi connectivity index (χ3v) is 7.27. The van der Waals surface area contributed by atoms with E-state index in [0.29, 0.717) is 28.6 Å². The maximum absolute atomic E-state index is 13.8. The molecule has 0 saturated carbocycles. The van der Waals surface area contributed by atoms with Gasteiger partial charge in [-0.15, -0.1) is 0 Å². The molecule has 0 bridgehead atoms. The van der Waals surface area contributed by atoms with Gasteiger partial charge in [0.2, 0.25) is 15.9 Å². The second-order valence-corrected chi connectivity index (χ2v) is 9.42. The Morgan fingerprint density at radius 2 is 1.79 bits per heavy atom. The predicted molar refractivity (Wildman–Crippen MR) is 108 cm³/mol.